The van der Waals surface area contributed by atoms with Gasteiger partial charge in [0, 0.05) is 30.7 Å². The van der Waals surface area contributed by atoms with E-state index in [9.17, 15) is 4.79 Å². The molecular weight excluding hydrogens is 340 g/mol. The van der Waals surface area contributed by atoms with Gasteiger partial charge in [0.2, 0.25) is 0 Å². The molecule has 0 fully saturated rings. The van der Waals surface area contributed by atoms with Crippen molar-refractivity contribution >= 4 is 11.6 Å². The maximum Gasteiger partial charge on any atom is 0.270 e. The minimum atomic E-state index is -0.198. The van der Waals surface area contributed by atoms with Crippen LogP contribution in [0.15, 0.2) is 36.4 Å². The van der Waals surface area contributed by atoms with Crippen LogP contribution in [0.2, 0.25) is 0 Å². The third kappa shape index (κ3) is 4.17. The number of carbonyl (C=O) groups excluding carboxylic acids is 1. The molecule has 3 rings (SSSR count). The van der Waals surface area contributed by atoms with E-state index in [1.54, 1.807) is 17.7 Å². The van der Waals surface area contributed by atoms with Gasteiger partial charge in [-0.15, -0.1) is 0 Å². The van der Waals surface area contributed by atoms with E-state index in [0.717, 1.165) is 17.0 Å². The Labute approximate surface area is 159 Å². The standard InChI is InChI=1S/C21H26N4O2/c1-14-6-8-15(9-7-14)16-12-17(20(26)22-10-11-27-5)25-19(23-16)13-18(24-25)21(2,3)4/h6-9,12-13H,10-11H2,1-5H3,(H,22,26). The molecule has 6 nitrogen and oxygen atoms in total. The quantitative estimate of drug-likeness (QED) is 0.703. The summed E-state index contributed by atoms with van der Waals surface area (Å²) < 4.78 is 6.64. The van der Waals surface area contributed by atoms with Gasteiger partial charge in [-0.3, -0.25) is 4.79 Å². The van der Waals surface area contributed by atoms with E-state index in [-0.39, 0.29) is 11.3 Å². The Hall–Kier alpha value is -2.73. The third-order valence-electron chi connectivity index (χ3n) is 4.37. The molecule has 0 aliphatic rings. The number of amides is 1. The first-order chi connectivity index (χ1) is 12.8. The molecule has 1 aromatic carbocycles. The van der Waals surface area contributed by atoms with Crippen molar-refractivity contribution in [3.63, 3.8) is 0 Å². The number of rotatable bonds is 5. The smallest absolute Gasteiger partial charge is 0.270 e. The van der Waals surface area contributed by atoms with Gasteiger partial charge in [-0.1, -0.05) is 50.6 Å². The lowest BCUT2D eigenvalue weighted by Crippen LogP contribution is -2.29. The van der Waals surface area contributed by atoms with Crippen molar-refractivity contribution in [2.24, 2.45) is 0 Å². The number of hydrogen-bond donors (Lipinski definition) is 1. The second-order valence-corrected chi connectivity index (χ2v) is 7.69. The van der Waals surface area contributed by atoms with E-state index >= 15 is 0 Å². The van der Waals surface area contributed by atoms with Gasteiger partial charge in [-0.25, -0.2) is 9.50 Å². The number of aromatic nitrogens is 3. The van der Waals surface area contributed by atoms with Crippen molar-refractivity contribution in [3.05, 3.63) is 53.3 Å². The molecule has 3 aromatic rings. The van der Waals surface area contributed by atoms with Gasteiger partial charge in [0.1, 0.15) is 5.69 Å². The first kappa shape index (κ1) is 19.0. The first-order valence-electron chi connectivity index (χ1n) is 9.05. The SMILES string of the molecule is COCCNC(=O)c1cc(-c2ccc(C)cc2)nc2cc(C(C)(C)C)nn12. The lowest BCUT2D eigenvalue weighted by Gasteiger charge is -2.13. The summed E-state index contributed by atoms with van der Waals surface area (Å²) in [6.45, 7) is 9.21. The Morgan fingerprint density at radius 2 is 1.89 bits per heavy atom. The molecule has 0 radical (unpaired) electrons. The Bertz CT molecular complexity index is 953. The van der Waals surface area contributed by atoms with Gasteiger partial charge in [-0.2, -0.15) is 5.10 Å². The predicted molar refractivity (Wildman–Crippen MR) is 106 cm³/mol. The molecule has 0 aliphatic carbocycles. The van der Waals surface area contributed by atoms with Crippen molar-refractivity contribution in [2.45, 2.75) is 33.1 Å². The van der Waals surface area contributed by atoms with E-state index in [4.69, 9.17) is 9.72 Å². The van der Waals surface area contributed by atoms with Crippen LogP contribution in [0.5, 0.6) is 0 Å². The molecule has 27 heavy (non-hydrogen) atoms. The number of methoxy groups -OCH3 is 1. The van der Waals surface area contributed by atoms with Crippen LogP contribution >= 0.6 is 0 Å². The highest BCUT2D eigenvalue weighted by molar-refractivity contribution is 5.94. The number of nitrogens with zero attached hydrogens (tertiary/aromatic N) is 3. The summed E-state index contributed by atoms with van der Waals surface area (Å²) in [6, 6.07) is 11.8. The summed E-state index contributed by atoms with van der Waals surface area (Å²) in [5.41, 5.74) is 4.77. The molecule has 142 valence electrons. The number of nitrogens with one attached hydrogen (secondary N) is 1. The fourth-order valence-electron chi connectivity index (χ4n) is 2.73. The van der Waals surface area contributed by atoms with Crippen LogP contribution in [0.1, 0.15) is 42.5 Å². The lowest BCUT2D eigenvalue weighted by molar-refractivity contribution is 0.0929. The van der Waals surface area contributed by atoms with Crippen molar-refractivity contribution < 1.29 is 9.53 Å². The molecule has 0 atom stereocenters. The van der Waals surface area contributed by atoms with E-state index in [1.165, 1.54) is 5.56 Å². The number of carbonyl (C=O) groups is 1. The van der Waals surface area contributed by atoms with Gasteiger partial charge >= 0.3 is 0 Å². The number of ether oxygens (including phenoxy) is 1. The number of fused-ring (bicyclic) bond motifs is 1. The highest BCUT2D eigenvalue weighted by Crippen LogP contribution is 2.25. The molecule has 0 spiro atoms. The molecule has 0 saturated heterocycles. The highest BCUT2D eigenvalue weighted by Gasteiger charge is 2.22. The Balaban J connectivity index is 2.12. The van der Waals surface area contributed by atoms with Crippen molar-refractivity contribution in [1.29, 1.82) is 0 Å². The predicted octanol–water partition coefficient (Wildman–Crippen LogP) is 3.38. The van der Waals surface area contributed by atoms with Gasteiger partial charge in [0.05, 0.1) is 18.0 Å². The zero-order valence-corrected chi connectivity index (χ0v) is 16.5. The van der Waals surface area contributed by atoms with Crippen LogP contribution in [0.25, 0.3) is 16.9 Å². The topological polar surface area (TPSA) is 68.5 Å². The van der Waals surface area contributed by atoms with Crippen LogP contribution in [0, 0.1) is 6.92 Å². The summed E-state index contributed by atoms with van der Waals surface area (Å²) >= 11 is 0. The zero-order valence-electron chi connectivity index (χ0n) is 16.5. The first-order valence-corrected chi connectivity index (χ1v) is 9.05. The minimum absolute atomic E-state index is 0.137. The van der Waals surface area contributed by atoms with E-state index in [0.29, 0.717) is 24.5 Å². The zero-order chi connectivity index (χ0) is 19.6. The third-order valence-corrected chi connectivity index (χ3v) is 4.37. The molecule has 0 aliphatic heterocycles. The second kappa shape index (κ2) is 7.48. The summed E-state index contributed by atoms with van der Waals surface area (Å²) in [4.78, 5) is 17.5. The maximum atomic E-state index is 12.8. The van der Waals surface area contributed by atoms with E-state index < -0.39 is 0 Å². The van der Waals surface area contributed by atoms with Crippen LogP contribution in [-0.2, 0) is 10.2 Å². The lowest BCUT2D eigenvalue weighted by atomic mass is 9.93. The number of hydrogen-bond acceptors (Lipinski definition) is 4. The highest BCUT2D eigenvalue weighted by atomic mass is 16.5. The van der Waals surface area contributed by atoms with Gasteiger partial charge in [0.25, 0.3) is 5.91 Å². The molecule has 6 heteroatoms. The Morgan fingerprint density at radius 3 is 2.52 bits per heavy atom. The molecule has 2 heterocycles. The molecular formula is C21H26N4O2. The molecule has 0 bridgehead atoms. The fraction of sp³-hybridized carbons (Fsp3) is 0.381. The second-order valence-electron chi connectivity index (χ2n) is 7.69. The normalized spacial score (nSPS) is 11.7. The van der Waals surface area contributed by atoms with Crippen molar-refractivity contribution in [2.75, 3.05) is 20.3 Å². The van der Waals surface area contributed by atoms with E-state index in [1.807, 2.05) is 37.3 Å². The summed E-state index contributed by atoms with van der Waals surface area (Å²) in [5, 5.41) is 7.52. The molecule has 2 aromatic heterocycles. The number of benzene rings is 1. The monoisotopic (exact) mass is 366 g/mol. The largest absolute Gasteiger partial charge is 0.383 e. The van der Waals surface area contributed by atoms with Crippen LogP contribution in [-0.4, -0.2) is 40.8 Å². The summed E-state index contributed by atoms with van der Waals surface area (Å²) in [7, 11) is 1.61. The summed E-state index contributed by atoms with van der Waals surface area (Å²) in [5.74, 6) is -0.198. The van der Waals surface area contributed by atoms with E-state index in [2.05, 4.69) is 31.2 Å². The molecule has 1 amide bonds. The number of aryl methyl sites for hydroxylation is 1. The van der Waals surface area contributed by atoms with Crippen LogP contribution < -0.4 is 5.32 Å². The molecule has 0 unspecified atom stereocenters. The Morgan fingerprint density at radius 1 is 1.19 bits per heavy atom. The van der Waals surface area contributed by atoms with Crippen molar-refractivity contribution in [3.8, 4) is 11.3 Å². The van der Waals surface area contributed by atoms with Crippen molar-refractivity contribution in [1.82, 2.24) is 19.9 Å². The molecule has 1 N–H and O–H groups in total. The summed E-state index contributed by atoms with van der Waals surface area (Å²) in [6.07, 6.45) is 0. The van der Waals surface area contributed by atoms with Gasteiger partial charge in [-0.05, 0) is 13.0 Å². The van der Waals surface area contributed by atoms with Crippen LogP contribution in [0.4, 0.5) is 0 Å². The molecule has 0 saturated carbocycles. The van der Waals surface area contributed by atoms with Crippen LogP contribution in [0.3, 0.4) is 0 Å². The fourth-order valence-corrected chi connectivity index (χ4v) is 2.73. The van der Waals surface area contributed by atoms with Gasteiger partial charge in [0.15, 0.2) is 5.65 Å². The van der Waals surface area contributed by atoms with Gasteiger partial charge < -0.3 is 10.1 Å². The maximum absolute atomic E-state index is 12.8. The average molecular weight is 366 g/mol. The average Bonchev–Trinajstić information content (AvgIpc) is 3.06. The minimum Gasteiger partial charge on any atom is -0.383 e. The Kier molecular flexibility index (Phi) is 5.28.